The van der Waals surface area contributed by atoms with Crippen LogP contribution in [-0.4, -0.2) is 17.7 Å². The molecule has 1 aromatic heterocycles. The van der Waals surface area contributed by atoms with Gasteiger partial charge in [0.1, 0.15) is 0 Å². The molecular weight excluding hydrogens is 256 g/mol. The van der Waals surface area contributed by atoms with Crippen molar-refractivity contribution in [3.05, 3.63) is 53.9 Å². The molecule has 1 aliphatic heterocycles. The first kappa shape index (κ1) is 12.5. The lowest BCUT2D eigenvalue weighted by molar-refractivity contribution is -0.120. The third-order valence-corrected chi connectivity index (χ3v) is 3.04. The molecule has 0 saturated heterocycles. The highest BCUT2D eigenvalue weighted by Gasteiger charge is 2.14. The summed E-state index contributed by atoms with van der Waals surface area (Å²) in [6, 6.07) is 9.30. The Labute approximate surface area is 116 Å². The molecule has 0 aliphatic carbocycles. The lowest BCUT2D eigenvalue weighted by Crippen LogP contribution is -2.24. The van der Waals surface area contributed by atoms with E-state index in [0.717, 1.165) is 16.9 Å². The maximum absolute atomic E-state index is 11.9. The third kappa shape index (κ3) is 2.88. The smallest absolute Gasteiger partial charge is 0.231 e. The van der Waals surface area contributed by atoms with E-state index in [1.165, 1.54) is 0 Å². The Balaban J connectivity index is 1.56. The fourth-order valence-corrected chi connectivity index (χ4v) is 2.00. The number of pyridine rings is 1. The van der Waals surface area contributed by atoms with Gasteiger partial charge in [-0.15, -0.1) is 0 Å². The van der Waals surface area contributed by atoms with E-state index in [2.05, 4.69) is 10.3 Å². The number of amides is 1. The van der Waals surface area contributed by atoms with Gasteiger partial charge in [0.15, 0.2) is 11.5 Å². The maximum Gasteiger partial charge on any atom is 0.231 e. The van der Waals surface area contributed by atoms with Gasteiger partial charge in [0.2, 0.25) is 12.7 Å². The molecule has 3 rings (SSSR count). The number of hydrogen-bond acceptors (Lipinski definition) is 4. The van der Waals surface area contributed by atoms with Gasteiger partial charge in [-0.05, 0) is 35.4 Å². The van der Waals surface area contributed by atoms with Gasteiger partial charge in [-0.25, -0.2) is 0 Å². The number of aromatic nitrogens is 1. The molecule has 1 amide bonds. The van der Waals surface area contributed by atoms with Gasteiger partial charge in [0, 0.05) is 18.9 Å². The van der Waals surface area contributed by atoms with Crippen LogP contribution in [0.5, 0.6) is 11.5 Å². The van der Waals surface area contributed by atoms with E-state index in [4.69, 9.17) is 9.47 Å². The van der Waals surface area contributed by atoms with Gasteiger partial charge in [0.25, 0.3) is 0 Å². The molecule has 5 nitrogen and oxygen atoms in total. The van der Waals surface area contributed by atoms with Gasteiger partial charge >= 0.3 is 0 Å². The summed E-state index contributed by atoms with van der Waals surface area (Å²) in [7, 11) is 0. The second kappa shape index (κ2) is 5.61. The minimum Gasteiger partial charge on any atom is -0.454 e. The van der Waals surface area contributed by atoms with E-state index in [1.807, 2.05) is 30.3 Å². The van der Waals surface area contributed by atoms with Crippen molar-refractivity contribution in [3.63, 3.8) is 0 Å². The Morgan fingerprint density at radius 2 is 1.90 bits per heavy atom. The van der Waals surface area contributed by atoms with Crippen LogP contribution in [-0.2, 0) is 17.8 Å². The SMILES string of the molecule is O=C(Cc1ccc2c(c1)OCO2)NCc1ccncc1. The first-order valence-electron chi connectivity index (χ1n) is 6.35. The average Bonchev–Trinajstić information content (AvgIpc) is 2.94. The fraction of sp³-hybridized carbons (Fsp3) is 0.200. The fourth-order valence-electron chi connectivity index (χ4n) is 2.00. The van der Waals surface area contributed by atoms with Crippen LogP contribution >= 0.6 is 0 Å². The van der Waals surface area contributed by atoms with E-state index in [9.17, 15) is 4.79 Å². The zero-order valence-electron chi connectivity index (χ0n) is 10.8. The van der Waals surface area contributed by atoms with Crippen LogP contribution in [0.3, 0.4) is 0 Å². The zero-order chi connectivity index (χ0) is 13.8. The van der Waals surface area contributed by atoms with E-state index >= 15 is 0 Å². The molecule has 102 valence electrons. The summed E-state index contributed by atoms with van der Waals surface area (Å²) >= 11 is 0. The molecule has 2 aromatic rings. The molecule has 0 spiro atoms. The van der Waals surface area contributed by atoms with Gasteiger partial charge < -0.3 is 14.8 Å². The summed E-state index contributed by atoms with van der Waals surface area (Å²) in [5, 5.41) is 2.88. The van der Waals surface area contributed by atoms with Crippen molar-refractivity contribution in [2.45, 2.75) is 13.0 Å². The Hall–Kier alpha value is -2.56. The zero-order valence-corrected chi connectivity index (χ0v) is 10.8. The summed E-state index contributed by atoms with van der Waals surface area (Å²) in [5.74, 6) is 1.40. The Bertz CT molecular complexity index is 614. The van der Waals surface area contributed by atoms with E-state index in [1.54, 1.807) is 12.4 Å². The largest absolute Gasteiger partial charge is 0.454 e. The van der Waals surface area contributed by atoms with Crippen molar-refractivity contribution >= 4 is 5.91 Å². The average molecular weight is 270 g/mol. The van der Waals surface area contributed by atoms with Crippen LogP contribution in [0.15, 0.2) is 42.7 Å². The maximum atomic E-state index is 11.9. The van der Waals surface area contributed by atoms with Crippen LogP contribution in [0.2, 0.25) is 0 Å². The molecule has 0 atom stereocenters. The second-order valence-corrected chi connectivity index (χ2v) is 4.50. The topological polar surface area (TPSA) is 60.5 Å². The van der Waals surface area contributed by atoms with E-state index in [-0.39, 0.29) is 12.7 Å². The molecule has 1 aromatic carbocycles. The van der Waals surface area contributed by atoms with Gasteiger partial charge in [-0.1, -0.05) is 6.07 Å². The predicted molar refractivity (Wildman–Crippen MR) is 72.4 cm³/mol. The molecule has 0 fully saturated rings. The van der Waals surface area contributed by atoms with Crippen LogP contribution in [0.4, 0.5) is 0 Å². The number of nitrogens with one attached hydrogen (secondary N) is 1. The van der Waals surface area contributed by atoms with Crippen molar-refractivity contribution in [3.8, 4) is 11.5 Å². The third-order valence-electron chi connectivity index (χ3n) is 3.04. The van der Waals surface area contributed by atoms with Crippen LogP contribution in [0, 0.1) is 0 Å². The van der Waals surface area contributed by atoms with Crippen molar-refractivity contribution in [2.75, 3.05) is 6.79 Å². The van der Waals surface area contributed by atoms with E-state index in [0.29, 0.717) is 18.7 Å². The quantitative estimate of drug-likeness (QED) is 0.918. The molecular formula is C15H14N2O3. The molecule has 0 radical (unpaired) electrons. The number of carbonyl (C=O) groups excluding carboxylic acids is 1. The number of rotatable bonds is 4. The van der Waals surface area contributed by atoms with Crippen LogP contribution in [0.1, 0.15) is 11.1 Å². The van der Waals surface area contributed by atoms with Gasteiger partial charge in [0.05, 0.1) is 6.42 Å². The highest BCUT2D eigenvalue weighted by molar-refractivity contribution is 5.78. The first-order valence-corrected chi connectivity index (χ1v) is 6.35. The molecule has 1 N–H and O–H groups in total. The Morgan fingerprint density at radius 3 is 2.75 bits per heavy atom. The standard InChI is InChI=1S/C15H14N2O3/c18-15(17-9-11-3-5-16-6-4-11)8-12-1-2-13-14(7-12)20-10-19-13/h1-7H,8-10H2,(H,17,18). The molecule has 5 heteroatoms. The highest BCUT2D eigenvalue weighted by atomic mass is 16.7. The molecule has 0 unspecified atom stereocenters. The Morgan fingerprint density at radius 1 is 1.10 bits per heavy atom. The first-order chi connectivity index (χ1) is 9.81. The number of fused-ring (bicyclic) bond motifs is 1. The van der Waals surface area contributed by atoms with Crippen molar-refractivity contribution < 1.29 is 14.3 Å². The minimum atomic E-state index is -0.0272. The summed E-state index contributed by atoms with van der Waals surface area (Å²) in [5.41, 5.74) is 1.93. The number of hydrogen-bond donors (Lipinski definition) is 1. The highest BCUT2D eigenvalue weighted by Crippen LogP contribution is 2.32. The molecule has 2 heterocycles. The number of nitrogens with zero attached hydrogens (tertiary/aromatic N) is 1. The summed E-state index contributed by atoms with van der Waals surface area (Å²) in [6.07, 6.45) is 3.74. The van der Waals surface area contributed by atoms with Gasteiger partial charge in [-0.2, -0.15) is 0 Å². The second-order valence-electron chi connectivity index (χ2n) is 4.50. The number of benzene rings is 1. The molecule has 1 aliphatic rings. The molecule has 0 bridgehead atoms. The summed E-state index contributed by atoms with van der Waals surface area (Å²) in [6.45, 7) is 0.749. The van der Waals surface area contributed by atoms with Crippen LogP contribution < -0.4 is 14.8 Å². The lowest BCUT2D eigenvalue weighted by Gasteiger charge is -2.06. The lowest BCUT2D eigenvalue weighted by atomic mass is 10.1. The predicted octanol–water partition coefficient (Wildman–Crippen LogP) is 1.67. The molecule has 0 saturated carbocycles. The van der Waals surface area contributed by atoms with Crippen molar-refractivity contribution in [1.29, 1.82) is 0 Å². The van der Waals surface area contributed by atoms with Crippen molar-refractivity contribution in [2.24, 2.45) is 0 Å². The monoisotopic (exact) mass is 270 g/mol. The summed E-state index contributed by atoms with van der Waals surface area (Å²) < 4.78 is 10.5. The summed E-state index contributed by atoms with van der Waals surface area (Å²) in [4.78, 5) is 15.8. The Kier molecular flexibility index (Phi) is 3.50. The number of carbonyl (C=O) groups is 1. The van der Waals surface area contributed by atoms with Gasteiger partial charge in [-0.3, -0.25) is 9.78 Å². The van der Waals surface area contributed by atoms with Crippen LogP contribution in [0.25, 0.3) is 0 Å². The minimum absolute atomic E-state index is 0.0272. The number of ether oxygens (including phenoxy) is 2. The molecule has 20 heavy (non-hydrogen) atoms. The van der Waals surface area contributed by atoms with Crippen molar-refractivity contribution in [1.82, 2.24) is 10.3 Å². The normalized spacial score (nSPS) is 12.2. The van der Waals surface area contributed by atoms with E-state index < -0.39 is 0 Å².